The van der Waals surface area contributed by atoms with E-state index in [1.165, 1.54) is 28.4 Å². The van der Waals surface area contributed by atoms with E-state index in [0.29, 0.717) is 56.8 Å². The number of fused-ring (bicyclic) bond motifs is 5. The minimum absolute atomic E-state index is 0.289. The molecule has 9 heteroatoms. The second-order valence-electron chi connectivity index (χ2n) is 7.91. The molecule has 0 fully saturated rings. The van der Waals surface area contributed by atoms with E-state index in [4.69, 9.17) is 23.7 Å². The highest BCUT2D eigenvalue weighted by Crippen LogP contribution is 2.52. The van der Waals surface area contributed by atoms with Crippen LogP contribution in [0.2, 0.25) is 0 Å². The Labute approximate surface area is 202 Å². The molecule has 5 rings (SSSR count). The van der Waals surface area contributed by atoms with Gasteiger partial charge in [0.25, 0.3) is 11.8 Å². The molecule has 0 N–H and O–H groups in total. The highest BCUT2D eigenvalue weighted by molar-refractivity contribution is 6.22. The summed E-state index contributed by atoms with van der Waals surface area (Å²) in [5.41, 5.74) is 2.29. The summed E-state index contributed by atoms with van der Waals surface area (Å²) >= 11 is 0. The molecule has 35 heavy (non-hydrogen) atoms. The minimum atomic E-state index is -0.746. The van der Waals surface area contributed by atoms with Crippen molar-refractivity contribution in [1.82, 2.24) is 0 Å². The van der Waals surface area contributed by atoms with Crippen LogP contribution in [0.1, 0.15) is 32.4 Å². The topological polar surface area (TPSA) is 86.8 Å². The molecule has 0 unspecified atom stereocenters. The Hall–Kier alpha value is -4.40. The molecule has 3 aromatic rings. The van der Waals surface area contributed by atoms with Crippen LogP contribution in [0.3, 0.4) is 0 Å². The molecule has 0 radical (unpaired) electrons. The molecule has 2 aliphatic rings. The molecule has 0 bridgehead atoms. The number of hydrogen-bond acceptors (Lipinski definition) is 7. The number of anilines is 2. The summed E-state index contributed by atoms with van der Waals surface area (Å²) in [7, 11) is 7.57. The van der Waals surface area contributed by atoms with Crippen molar-refractivity contribution in [1.29, 1.82) is 0 Å². The predicted molar refractivity (Wildman–Crippen MR) is 128 cm³/mol. The molecular weight excluding hydrogens is 452 g/mol. The molecule has 0 saturated heterocycles. The van der Waals surface area contributed by atoms with Crippen LogP contribution in [-0.2, 0) is 0 Å². The van der Waals surface area contributed by atoms with Crippen LogP contribution < -0.4 is 33.5 Å². The van der Waals surface area contributed by atoms with Crippen LogP contribution in [-0.4, -0.2) is 47.4 Å². The molecular formula is C26H24N2O7. The standard InChI is InChI=1S/C26H24N2O7/c1-31-15-8-6-14(7-9-15)27-24-16-10-11-19(32-2)23(35-5)22(16)26(30)28(24)18-13-21(34-4)20(33-3)12-17(18)25(27)29/h6-13,24H,1-5H3/t24-/m1/s1. The van der Waals surface area contributed by atoms with Gasteiger partial charge < -0.3 is 23.7 Å². The first-order chi connectivity index (χ1) is 17.0. The zero-order chi connectivity index (χ0) is 24.9. The van der Waals surface area contributed by atoms with Crippen LogP contribution >= 0.6 is 0 Å². The smallest absolute Gasteiger partial charge is 0.264 e. The first-order valence-electron chi connectivity index (χ1n) is 10.8. The summed E-state index contributed by atoms with van der Waals surface area (Å²) in [6.07, 6.45) is -0.746. The molecule has 0 aromatic heterocycles. The maximum absolute atomic E-state index is 14.0. The second-order valence-corrected chi connectivity index (χ2v) is 7.91. The van der Waals surface area contributed by atoms with Gasteiger partial charge in [0.1, 0.15) is 11.9 Å². The second kappa shape index (κ2) is 8.43. The number of amides is 2. The van der Waals surface area contributed by atoms with Gasteiger partial charge in [-0.15, -0.1) is 0 Å². The molecule has 9 nitrogen and oxygen atoms in total. The van der Waals surface area contributed by atoms with E-state index in [1.807, 2.05) is 0 Å². The predicted octanol–water partition coefficient (Wildman–Crippen LogP) is 4.05. The van der Waals surface area contributed by atoms with Crippen molar-refractivity contribution in [3.05, 3.63) is 65.2 Å². The zero-order valence-electron chi connectivity index (χ0n) is 19.9. The average molecular weight is 476 g/mol. The maximum atomic E-state index is 14.0. The largest absolute Gasteiger partial charge is 0.497 e. The molecule has 2 amide bonds. The number of ether oxygens (including phenoxy) is 5. The van der Waals surface area contributed by atoms with Gasteiger partial charge in [0.2, 0.25) is 0 Å². The van der Waals surface area contributed by atoms with E-state index in [-0.39, 0.29) is 11.8 Å². The Morgan fingerprint density at radius 1 is 0.657 bits per heavy atom. The average Bonchev–Trinajstić information content (AvgIpc) is 3.19. The summed E-state index contributed by atoms with van der Waals surface area (Å²) < 4.78 is 27.2. The first-order valence-corrected chi connectivity index (χ1v) is 10.8. The lowest BCUT2D eigenvalue weighted by Crippen LogP contribution is -2.48. The van der Waals surface area contributed by atoms with Crippen molar-refractivity contribution >= 4 is 23.2 Å². The Balaban J connectivity index is 1.80. The number of nitrogens with zero attached hydrogens (tertiary/aromatic N) is 2. The SMILES string of the molecule is COc1ccc(N2C(=O)c3cc(OC)c(OC)cc3N3C(=O)c4c(ccc(OC)c4OC)[C@H]23)cc1. The number of benzene rings is 3. The Morgan fingerprint density at radius 2 is 1.31 bits per heavy atom. The van der Waals surface area contributed by atoms with E-state index in [1.54, 1.807) is 65.4 Å². The number of hydrogen-bond donors (Lipinski definition) is 0. The summed E-state index contributed by atoms with van der Waals surface area (Å²) in [5.74, 6) is 1.57. The Morgan fingerprint density at radius 3 is 1.91 bits per heavy atom. The van der Waals surface area contributed by atoms with Gasteiger partial charge in [-0.1, -0.05) is 6.07 Å². The fourth-order valence-electron chi connectivity index (χ4n) is 4.73. The van der Waals surface area contributed by atoms with E-state index >= 15 is 0 Å². The van der Waals surface area contributed by atoms with Gasteiger partial charge >= 0.3 is 0 Å². The summed E-state index contributed by atoms with van der Waals surface area (Å²) in [4.78, 5) is 31.1. The number of methoxy groups -OCH3 is 5. The third kappa shape index (κ3) is 3.15. The molecule has 2 aliphatic heterocycles. The molecule has 180 valence electrons. The van der Waals surface area contributed by atoms with Crippen molar-refractivity contribution in [2.45, 2.75) is 6.17 Å². The van der Waals surface area contributed by atoms with Crippen molar-refractivity contribution in [2.75, 3.05) is 45.3 Å². The van der Waals surface area contributed by atoms with Gasteiger partial charge in [-0.3, -0.25) is 19.4 Å². The number of carbonyl (C=O) groups excluding carboxylic acids is 2. The third-order valence-electron chi connectivity index (χ3n) is 6.34. The van der Waals surface area contributed by atoms with Gasteiger partial charge in [0, 0.05) is 17.3 Å². The number of carbonyl (C=O) groups is 2. The van der Waals surface area contributed by atoms with Crippen LogP contribution in [0.4, 0.5) is 11.4 Å². The van der Waals surface area contributed by atoms with Crippen LogP contribution in [0.5, 0.6) is 28.7 Å². The summed E-state index contributed by atoms with van der Waals surface area (Å²) in [6.45, 7) is 0. The zero-order valence-corrected chi connectivity index (χ0v) is 19.9. The number of rotatable bonds is 6. The molecule has 0 saturated carbocycles. The van der Waals surface area contributed by atoms with Crippen LogP contribution in [0, 0.1) is 0 Å². The van der Waals surface area contributed by atoms with E-state index in [0.717, 1.165) is 0 Å². The molecule has 2 heterocycles. The maximum Gasteiger partial charge on any atom is 0.264 e. The lowest BCUT2D eigenvalue weighted by molar-refractivity contribution is 0.0947. The van der Waals surface area contributed by atoms with Crippen molar-refractivity contribution in [3.8, 4) is 28.7 Å². The minimum Gasteiger partial charge on any atom is -0.497 e. The van der Waals surface area contributed by atoms with Gasteiger partial charge in [-0.2, -0.15) is 0 Å². The fraction of sp³-hybridized carbons (Fsp3) is 0.231. The van der Waals surface area contributed by atoms with Crippen molar-refractivity contribution in [3.63, 3.8) is 0 Å². The van der Waals surface area contributed by atoms with Crippen LogP contribution in [0.15, 0.2) is 48.5 Å². The summed E-state index contributed by atoms with van der Waals surface area (Å²) in [6, 6.07) is 13.9. The normalized spacial score (nSPS) is 15.9. The van der Waals surface area contributed by atoms with Gasteiger partial charge in [0.05, 0.1) is 52.4 Å². The molecule has 0 spiro atoms. The quantitative estimate of drug-likeness (QED) is 0.531. The molecule has 0 aliphatic carbocycles. The van der Waals surface area contributed by atoms with E-state index in [2.05, 4.69) is 0 Å². The third-order valence-corrected chi connectivity index (χ3v) is 6.34. The molecule has 1 atom stereocenters. The summed E-state index contributed by atoms with van der Waals surface area (Å²) in [5, 5.41) is 0. The first kappa shape index (κ1) is 22.4. The van der Waals surface area contributed by atoms with E-state index in [9.17, 15) is 9.59 Å². The lowest BCUT2D eigenvalue weighted by Gasteiger charge is -2.41. The Bertz CT molecular complexity index is 1340. The van der Waals surface area contributed by atoms with E-state index < -0.39 is 6.17 Å². The van der Waals surface area contributed by atoms with Gasteiger partial charge in [-0.25, -0.2) is 0 Å². The fourth-order valence-corrected chi connectivity index (χ4v) is 4.73. The van der Waals surface area contributed by atoms with Gasteiger partial charge in [0.15, 0.2) is 23.0 Å². The highest BCUT2D eigenvalue weighted by Gasteiger charge is 2.50. The molecule has 3 aromatic carbocycles. The Kier molecular flexibility index (Phi) is 5.39. The lowest BCUT2D eigenvalue weighted by atomic mass is 10.0. The van der Waals surface area contributed by atoms with Crippen molar-refractivity contribution in [2.24, 2.45) is 0 Å². The van der Waals surface area contributed by atoms with Crippen molar-refractivity contribution < 1.29 is 33.3 Å². The highest BCUT2D eigenvalue weighted by atomic mass is 16.5. The monoisotopic (exact) mass is 476 g/mol. The van der Waals surface area contributed by atoms with Crippen LogP contribution in [0.25, 0.3) is 0 Å². The van der Waals surface area contributed by atoms with Gasteiger partial charge in [-0.05, 0) is 36.4 Å².